The van der Waals surface area contributed by atoms with E-state index >= 15 is 0 Å². The summed E-state index contributed by atoms with van der Waals surface area (Å²) in [4.78, 5) is -0.398. The molecule has 1 aromatic carbocycles. The molecule has 0 saturated heterocycles. The Balaban J connectivity index is 2.30. The van der Waals surface area contributed by atoms with Gasteiger partial charge in [0, 0.05) is 5.56 Å². The number of fused-ring (bicyclic) bond motifs is 1. The molecule has 5 nitrogen and oxygen atoms in total. The van der Waals surface area contributed by atoms with Crippen LogP contribution in [0.15, 0.2) is 41.0 Å². The molecule has 0 radical (unpaired) electrons. The Bertz CT molecular complexity index is 886. The van der Waals surface area contributed by atoms with E-state index in [-0.39, 0.29) is 17.0 Å². The highest BCUT2D eigenvalue weighted by Crippen LogP contribution is 2.43. The number of furan rings is 1. The summed E-state index contributed by atoms with van der Waals surface area (Å²) in [6.45, 7) is 0.624. The smallest absolute Gasteiger partial charge is 0.271 e. The zero-order valence-electron chi connectivity index (χ0n) is 12.0. The fraction of sp³-hybridized carbons (Fsp3) is 0.200. The van der Waals surface area contributed by atoms with Gasteiger partial charge in [-0.3, -0.25) is 0 Å². The molecule has 1 aliphatic rings. The molecule has 0 amide bonds. The van der Waals surface area contributed by atoms with Gasteiger partial charge in [-0.2, -0.15) is 0 Å². The monoisotopic (exact) mass is 341 g/mol. The molecular weight excluding hydrogens is 328 g/mol. The molecule has 1 aromatic heterocycles. The fourth-order valence-electron chi connectivity index (χ4n) is 2.54. The van der Waals surface area contributed by atoms with Crippen LogP contribution in [-0.2, 0) is 10.0 Å². The number of nitrogens with zero attached hydrogens (tertiary/aromatic N) is 1. The summed E-state index contributed by atoms with van der Waals surface area (Å²) in [5, 5.41) is 10.4. The molecule has 23 heavy (non-hydrogen) atoms. The lowest BCUT2D eigenvalue weighted by atomic mass is 10.1. The Labute approximate surface area is 131 Å². The van der Waals surface area contributed by atoms with E-state index in [1.165, 1.54) is 12.1 Å². The van der Waals surface area contributed by atoms with Crippen molar-refractivity contribution in [2.45, 2.75) is 13.3 Å². The molecular formula is C15H13F2NO4S. The first-order chi connectivity index (χ1) is 10.8. The largest absolute Gasteiger partial charge is 0.506 e. The third kappa shape index (κ3) is 2.39. The van der Waals surface area contributed by atoms with Gasteiger partial charge in [0.25, 0.3) is 16.4 Å². The Hall–Kier alpha value is -2.35. The minimum Gasteiger partial charge on any atom is -0.506 e. The topological polar surface area (TPSA) is 70.8 Å². The number of aryl methyl sites for hydroxylation is 1. The highest BCUT2D eigenvalue weighted by Gasteiger charge is 2.41. The molecule has 2 aromatic rings. The molecule has 0 saturated carbocycles. The van der Waals surface area contributed by atoms with Gasteiger partial charge in [-0.05, 0) is 18.6 Å². The number of rotatable bonds is 3. The van der Waals surface area contributed by atoms with Crippen LogP contribution in [0.25, 0.3) is 10.7 Å². The summed E-state index contributed by atoms with van der Waals surface area (Å²) >= 11 is 0. The van der Waals surface area contributed by atoms with E-state index < -0.39 is 33.7 Å². The van der Waals surface area contributed by atoms with Crippen LogP contribution in [0.3, 0.4) is 0 Å². The quantitative estimate of drug-likeness (QED) is 0.929. The zero-order valence-corrected chi connectivity index (χ0v) is 12.8. The molecule has 0 aliphatic carbocycles. The lowest BCUT2D eigenvalue weighted by Gasteiger charge is -2.28. The molecule has 0 bridgehead atoms. The van der Waals surface area contributed by atoms with Crippen molar-refractivity contribution in [3.8, 4) is 0 Å². The van der Waals surface area contributed by atoms with Gasteiger partial charge in [0.05, 0.1) is 18.4 Å². The minimum atomic E-state index is -4.38. The second-order valence-corrected chi connectivity index (χ2v) is 6.86. The van der Waals surface area contributed by atoms with Gasteiger partial charge in [0.15, 0.2) is 0 Å². The number of aliphatic hydroxyl groups excluding tert-OH is 1. The number of aliphatic hydroxyl groups is 1. The highest BCUT2D eigenvalue weighted by molar-refractivity contribution is 8.02. The summed E-state index contributed by atoms with van der Waals surface area (Å²) in [5.41, 5.74) is 0.927. The highest BCUT2D eigenvalue weighted by atomic mass is 32.2. The Morgan fingerprint density at radius 2 is 1.91 bits per heavy atom. The molecule has 0 fully saturated rings. The zero-order chi connectivity index (χ0) is 16.8. The molecule has 8 heteroatoms. The number of sulfonamides is 1. The molecule has 1 aliphatic heterocycles. The van der Waals surface area contributed by atoms with Crippen LogP contribution in [0.5, 0.6) is 0 Å². The van der Waals surface area contributed by atoms with Crippen molar-refractivity contribution >= 4 is 26.6 Å². The van der Waals surface area contributed by atoms with Crippen LogP contribution in [0, 0.1) is 6.92 Å². The number of hydrogen-bond donors (Lipinski definition) is 1. The van der Waals surface area contributed by atoms with Gasteiger partial charge >= 0.3 is 0 Å². The number of anilines is 1. The predicted molar refractivity (Wildman–Crippen MR) is 81.6 cm³/mol. The second-order valence-electron chi connectivity index (χ2n) is 5.06. The molecule has 0 unspecified atom stereocenters. The van der Waals surface area contributed by atoms with Crippen molar-refractivity contribution in [1.29, 1.82) is 0 Å². The maximum absolute atomic E-state index is 12.8. The van der Waals surface area contributed by atoms with Crippen LogP contribution >= 0.6 is 0 Å². The standard InChI is InChI=1S/C15H13F2NO4S/c1-9-4-2-3-5-10(9)14-13(19)11-6-7-22-15(11)18(8-12(16)17)23(14,20)21/h2-7,12,19H,8H2,1H3. The van der Waals surface area contributed by atoms with Crippen molar-refractivity contribution in [3.63, 3.8) is 0 Å². The van der Waals surface area contributed by atoms with Crippen molar-refractivity contribution in [3.05, 3.63) is 53.3 Å². The van der Waals surface area contributed by atoms with E-state index in [0.717, 1.165) is 6.26 Å². The van der Waals surface area contributed by atoms with E-state index in [9.17, 15) is 22.3 Å². The second kappa shape index (κ2) is 5.38. The first-order valence-electron chi connectivity index (χ1n) is 6.72. The van der Waals surface area contributed by atoms with Crippen molar-refractivity contribution in [1.82, 2.24) is 0 Å². The first kappa shape index (κ1) is 15.5. The lowest BCUT2D eigenvalue weighted by Crippen LogP contribution is -2.38. The van der Waals surface area contributed by atoms with Gasteiger partial charge in [0.1, 0.15) is 10.7 Å². The normalized spacial score (nSPS) is 16.8. The van der Waals surface area contributed by atoms with E-state index in [4.69, 9.17) is 4.42 Å². The molecule has 3 rings (SSSR count). The Kier molecular flexibility index (Phi) is 3.63. The molecule has 1 N–H and O–H groups in total. The maximum atomic E-state index is 12.8. The van der Waals surface area contributed by atoms with E-state index in [0.29, 0.717) is 9.87 Å². The number of halogens is 2. The van der Waals surface area contributed by atoms with E-state index in [1.54, 1.807) is 25.1 Å². The van der Waals surface area contributed by atoms with Crippen LogP contribution in [0.2, 0.25) is 0 Å². The van der Waals surface area contributed by atoms with Gasteiger partial charge in [-0.25, -0.2) is 21.5 Å². The van der Waals surface area contributed by atoms with Gasteiger partial charge in [-0.15, -0.1) is 0 Å². The van der Waals surface area contributed by atoms with Crippen molar-refractivity contribution in [2.75, 3.05) is 10.8 Å². The minimum absolute atomic E-state index is 0.0683. The SMILES string of the molecule is Cc1ccccc1C1=C(O)c2ccoc2N(CC(F)F)S1(=O)=O. The third-order valence-electron chi connectivity index (χ3n) is 3.58. The maximum Gasteiger partial charge on any atom is 0.271 e. The summed E-state index contributed by atoms with van der Waals surface area (Å²) in [6.07, 6.45) is -1.74. The van der Waals surface area contributed by atoms with Crippen LogP contribution < -0.4 is 4.31 Å². The summed E-state index contributed by atoms with van der Waals surface area (Å²) < 4.78 is 56.8. The predicted octanol–water partition coefficient (Wildman–Crippen LogP) is 3.39. The Morgan fingerprint density at radius 1 is 1.22 bits per heavy atom. The van der Waals surface area contributed by atoms with Gasteiger partial charge < -0.3 is 9.52 Å². The van der Waals surface area contributed by atoms with Gasteiger partial charge in [-0.1, -0.05) is 24.3 Å². The molecule has 122 valence electrons. The van der Waals surface area contributed by atoms with Gasteiger partial charge in [0.2, 0.25) is 5.88 Å². The third-order valence-corrected chi connectivity index (χ3v) is 5.41. The average Bonchev–Trinajstić information content (AvgIpc) is 2.94. The first-order valence-corrected chi connectivity index (χ1v) is 8.16. The lowest BCUT2D eigenvalue weighted by molar-refractivity contribution is 0.158. The van der Waals surface area contributed by atoms with Crippen molar-refractivity contribution < 1.29 is 26.7 Å². The molecule has 2 heterocycles. The van der Waals surface area contributed by atoms with E-state index in [2.05, 4.69) is 0 Å². The summed E-state index contributed by atoms with van der Waals surface area (Å²) in [5.74, 6) is -0.811. The molecule has 0 spiro atoms. The van der Waals surface area contributed by atoms with Crippen LogP contribution in [0.4, 0.5) is 14.7 Å². The number of hydrogen-bond acceptors (Lipinski definition) is 4. The fourth-order valence-corrected chi connectivity index (χ4v) is 4.29. The van der Waals surface area contributed by atoms with Crippen molar-refractivity contribution in [2.24, 2.45) is 0 Å². The summed E-state index contributed by atoms with van der Waals surface area (Å²) in [6, 6.07) is 7.86. The Morgan fingerprint density at radius 3 is 2.57 bits per heavy atom. The van der Waals surface area contributed by atoms with E-state index in [1.807, 2.05) is 0 Å². The number of alkyl halides is 2. The number of benzene rings is 1. The molecule has 0 atom stereocenters. The van der Waals surface area contributed by atoms with Crippen LogP contribution in [0.1, 0.15) is 16.7 Å². The summed E-state index contributed by atoms with van der Waals surface area (Å²) in [7, 11) is -4.38. The van der Waals surface area contributed by atoms with Crippen LogP contribution in [-0.4, -0.2) is 26.5 Å². The average molecular weight is 341 g/mol.